The van der Waals surface area contributed by atoms with Crippen LogP contribution in [0.3, 0.4) is 0 Å². The van der Waals surface area contributed by atoms with Crippen LogP contribution in [0.25, 0.3) is 0 Å². The Bertz CT molecular complexity index is 269. The lowest BCUT2D eigenvalue weighted by atomic mass is 10.4. The Balaban J connectivity index is 3.31. The van der Waals surface area contributed by atoms with E-state index < -0.39 is 8.07 Å². The van der Waals surface area contributed by atoms with Crippen molar-refractivity contribution in [1.29, 1.82) is 0 Å². The lowest BCUT2D eigenvalue weighted by Crippen LogP contribution is -2.39. The normalized spacial score (nSPS) is 11.8. The molecule has 0 aliphatic heterocycles. The van der Waals surface area contributed by atoms with Gasteiger partial charge in [-0.1, -0.05) is 42.8 Å². The summed E-state index contributed by atoms with van der Waals surface area (Å²) in [5.74, 6) is 0. The Morgan fingerprint density at radius 3 is 1.75 bits per heavy atom. The fourth-order valence-electron chi connectivity index (χ4n) is 1.16. The summed E-state index contributed by atoms with van der Waals surface area (Å²) in [4.78, 5) is 0. The van der Waals surface area contributed by atoms with Gasteiger partial charge in [0.15, 0.2) is 0 Å². The molecule has 0 aliphatic carbocycles. The fourth-order valence-corrected chi connectivity index (χ4v) is 4.82. The van der Waals surface area contributed by atoms with E-state index in [1.807, 2.05) is 0 Å². The fraction of sp³-hybridized carbons (Fsp3) is 0.333. The van der Waals surface area contributed by atoms with Crippen LogP contribution in [-0.4, -0.2) is 8.07 Å². The third-order valence-corrected chi connectivity index (χ3v) is 4.60. The number of halogens is 2. The van der Waals surface area contributed by atoms with Crippen LogP contribution in [0, 0.1) is 6.07 Å². The lowest BCUT2D eigenvalue weighted by molar-refractivity contribution is 1.66. The summed E-state index contributed by atoms with van der Waals surface area (Å²) < 4.78 is 0. The van der Waals surface area contributed by atoms with Gasteiger partial charge in [-0.25, -0.2) is 0 Å². The molecule has 65 valence electrons. The van der Waals surface area contributed by atoms with Crippen molar-refractivity contribution in [3.8, 4) is 0 Å². The van der Waals surface area contributed by atoms with Gasteiger partial charge in [0.1, 0.15) is 0 Å². The molecule has 1 rings (SSSR count). The molecule has 0 saturated carbocycles. The Hall–Kier alpha value is 0.0169. The first-order valence-electron chi connectivity index (χ1n) is 3.78. The molecule has 0 fully saturated rings. The molecular weight excluding hydrogens is 207 g/mol. The van der Waals surface area contributed by atoms with Crippen molar-refractivity contribution < 1.29 is 0 Å². The van der Waals surface area contributed by atoms with E-state index in [1.165, 1.54) is 0 Å². The average Bonchev–Trinajstić information content (AvgIpc) is 1.82. The molecule has 0 heterocycles. The van der Waals surface area contributed by atoms with Crippen molar-refractivity contribution in [2.45, 2.75) is 19.6 Å². The minimum absolute atomic E-state index is 0.752. The lowest BCUT2D eigenvalue weighted by Gasteiger charge is -2.19. The molecule has 0 nitrogen and oxygen atoms in total. The molecule has 0 saturated heterocycles. The van der Waals surface area contributed by atoms with Crippen LogP contribution < -0.4 is 5.19 Å². The zero-order valence-corrected chi connectivity index (χ0v) is 9.92. The van der Waals surface area contributed by atoms with E-state index in [-0.39, 0.29) is 0 Å². The van der Waals surface area contributed by atoms with Crippen molar-refractivity contribution in [2.24, 2.45) is 0 Å². The monoisotopic (exact) mass is 217 g/mol. The molecule has 1 radical (unpaired) electrons. The van der Waals surface area contributed by atoms with Crippen LogP contribution in [0.15, 0.2) is 12.1 Å². The summed E-state index contributed by atoms with van der Waals surface area (Å²) >= 11 is 12.1. The average molecular weight is 218 g/mol. The molecule has 0 aliphatic rings. The number of rotatable bonds is 1. The number of hydrogen-bond donors (Lipinski definition) is 0. The van der Waals surface area contributed by atoms with E-state index in [1.54, 1.807) is 12.1 Å². The van der Waals surface area contributed by atoms with E-state index in [4.69, 9.17) is 23.2 Å². The highest BCUT2D eigenvalue weighted by atomic mass is 35.5. The van der Waals surface area contributed by atoms with Crippen molar-refractivity contribution in [2.75, 3.05) is 0 Å². The van der Waals surface area contributed by atoms with Crippen LogP contribution in [0.4, 0.5) is 0 Å². The van der Waals surface area contributed by atoms with Crippen molar-refractivity contribution in [3.05, 3.63) is 28.2 Å². The molecule has 0 atom stereocenters. The second kappa shape index (κ2) is 3.41. The van der Waals surface area contributed by atoms with E-state index in [0.717, 1.165) is 15.2 Å². The van der Waals surface area contributed by atoms with Crippen LogP contribution in [-0.2, 0) is 0 Å². The quantitative estimate of drug-likeness (QED) is 0.634. The maximum Gasteiger partial charge on any atom is 0.0815 e. The maximum absolute atomic E-state index is 6.03. The van der Waals surface area contributed by atoms with E-state index >= 15 is 0 Å². The van der Waals surface area contributed by atoms with E-state index in [0.29, 0.717) is 0 Å². The topological polar surface area (TPSA) is 0 Å². The van der Waals surface area contributed by atoms with Gasteiger partial charge in [0, 0.05) is 10.0 Å². The van der Waals surface area contributed by atoms with Gasteiger partial charge < -0.3 is 0 Å². The van der Waals surface area contributed by atoms with Gasteiger partial charge >= 0.3 is 0 Å². The Labute approximate surface area is 84.5 Å². The molecule has 0 unspecified atom stereocenters. The number of hydrogen-bond acceptors (Lipinski definition) is 0. The minimum Gasteiger partial charge on any atom is -0.0844 e. The van der Waals surface area contributed by atoms with Gasteiger partial charge in [0.05, 0.1) is 8.07 Å². The zero-order valence-electron chi connectivity index (χ0n) is 7.41. The smallest absolute Gasteiger partial charge is 0.0815 e. The summed E-state index contributed by atoms with van der Waals surface area (Å²) in [6, 6.07) is 6.46. The maximum atomic E-state index is 6.03. The van der Waals surface area contributed by atoms with Gasteiger partial charge in [0.2, 0.25) is 0 Å². The number of benzene rings is 1. The summed E-state index contributed by atoms with van der Waals surface area (Å²) in [5, 5.41) is 2.63. The predicted octanol–water partition coefficient (Wildman–Crippen LogP) is 3.34. The molecule has 3 heteroatoms. The summed E-state index contributed by atoms with van der Waals surface area (Å²) in [6.45, 7) is 6.67. The van der Waals surface area contributed by atoms with Gasteiger partial charge in [-0.05, 0) is 23.4 Å². The van der Waals surface area contributed by atoms with Crippen LogP contribution in [0.5, 0.6) is 0 Å². The second-order valence-electron chi connectivity index (χ2n) is 3.78. The molecule has 0 N–H and O–H groups in total. The van der Waals surface area contributed by atoms with Crippen LogP contribution in [0.1, 0.15) is 0 Å². The highest BCUT2D eigenvalue weighted by Crippen LogP contribution is 2.18. The molecule has 0 spiro atoms. The molecule has 12 heavy (non-hydrogen) atoms. The van der Waals surface area contributed by atoms with Crippen molar-refractivity contribution in [1.82, 2.24) is 0 Å². The van der Waals surface area contributed by atoms with Crippen LogP contribution in [0.2, 0.25) is 29.7 Å². The van der Waals surface area contributed by atoms with Gasteiger partial charge in [-0.15, -0.1) is 0 Å². The Morgan fingerprint density at radius 2 is 1.50 bits per heavy atom. The van der Waals surface area contributed by atoms with Gasteiger partial charge in [-0.3, -0.25) is 0 Å². The molecule has 1 aromatic rings. The highest BCUT2D eigenvalue weighted by molar-refractivity contribution is 6.91. The zero-order chi connectivity index (χ0) is 9.35. The first kappa shape index (κ1) is 10.1. The molecule has 1 aromatic carbocycles. The third-order valence-electron chi connectivity index (χ3n) is 1.65. The SMILES string of the molecule is C[Si](C)(C)c1c(Cl)c[c]cc1Cl. The Morgan fingerprint density at radius 1 is 1.08 bits per heavy atom. The second-order valence-corrected chi connectivity index (χ2v) is 9.59. The molecular formula is C9H11Cl2Si. The standard InChI is InChI=1S/C9H11Cl2Si/c1-12(2,3)9-7(10)5-4-6-8(9)11/h5-6H,1-3H3. The minimum atomic E-state index is -1.41. The summed E-state index contributed by atoms with van der Waals surface area (Å²) in [5.41, 5.74) is 0. The predicted molar refractivity (Wildman–Crippen MR) is 58.3 cm³/mol. The molecule has 0 amide bonds. The van der Waals surface area contributed by atoms with Crippen molar-refractivity contribution in [3.63, 3.8) is 0 Å². The van der Waals surface area contributed by atoms with Gasteiger partial charge in [0.25, 0.3) is 0 Å². The summed E-state index contributed by atoms with van der Waals surface area (Å²) in [6.07, 6.45) is 0. The summed E-state index contributed by atoms with van der Waals surface area (Å²) in [7, 11) is -1.41. The highest BCUT2D eigenvalue weighted by Gasteiger charge is 2.22. The first-order chi connectivity index (χ1) is 5.43. The van der Waals surface area contributed by atoms with Gasteiger partial charge in [-0.2, -0.15) is 0 Å². The van der Waals surface area contributed by atoms with Crippen LogP contribution >= 0.6 is 23.2 Å². The largest absolute Gasteiger partial charge is 0.0844 e. The Kier molecular flexibility index (Phi) is 2.87. The van der Waals surface area contributed by atoms with Crippen molar-refractivity contribution >= 4 is 36.5 Å². The molecule has 0 aromatic heterocycles. The van der Waals surface area contributed by atoms with E-state index in [2.05, 4.69) is 25.7 Å². The first-order valence-corrected chi connectivity index (χ1v) is 8.04. The third kappa shape index (κ3) is 2.03. The molecule has 0 bridgehead atoms. The van der Waals surface area contributed by atoms with E-state index in [9.17, 15) is 0 Å².